The van der Waals surface area contributed by atoms with Gasteiger partial charge in [-0.1, -0.05) is 36.4 Å². The number of ketones is 1. The number of amides is 2. The van der Waals surface area contributed by atoms with Crippen LogP contribution in [0.3, 0.4) is 0 Å². The van der Waals surface area contributed by atoms with Crippen LogP contribution in [0, 0.1) is 24.7 Å². The van der Waals surface area contributed by atoms with Crippen LogP contribution in [0.5, 0.6) is 0 Å². The highest BCUT2D eigenvalue weighted by molar-refractivity contribution is 6.01. The Morgan fingerprint density at radius 1 is 0.943 bits per heavy atom. The van der Waals surface area contributed by atoms with Crippen LogP contribution >= 0.6 is 0 Å². The number of hydrogen-bond acceptors (Lipinski definition) is 6. The van der Waals surface area contributed by atoms with E-state index in [2.05, 4.69) is 20.9 Å². The molecule has 2 heterocycles. The number of aliphatic imine (C=N–C) groups is 1. The molecule has 0 radical (unpaired) electrons. The fourth-order valence-corrected chi connectivity index (χ4v) is 7.52. The summed E-state index contributed by atoms with van der Waals surface area (Å²) < 4.78 is 67.0. The maximum Gasteiger partial charge on any atom is 0.459 e. The monoisotopic (exact) mass is 737 g/mol. The molecule has 3 aromatic rings. The molecule has 1 saturated carbocycles. The van der Waals surface area contributed by atoms with Gasteiger partial charge in [0.15, 0.2) is 0 Å². The maximum absolute atomic E-state index is 14.0. The number of carbonyl (C=O) groups excluding carboxylic acids is 3. The summed E-state index contributed by atoms with van der Waals surface area (Å²) >= 11 is 0. The van der Waals surface area contributed by atoms with Crippen LogP contribution < -0.4 is 21.7 Å². The molecular formula is C40H44F5N5O3. The minimum Gasteiger partial charge on any atom is -0.348 e. The number of rotatable bonds is 12. The highest BCUT2D eigenvalue weighted by Crippen LogP contribution is 2.42. The van der Waals surface area contributed by atoms with Crippen molar-refractivity contribution in [1.29, 1.82) is 0 Å². The van der Waals surface area contributed by atoms with Gasteiger partial charge >= 0.3 is 12.1 Å². The summed E-state index contributed by atoms with van der Waals surface area (Å²) in [7, 11) is 0. The van der Waals surface area contributed by atoms with E-state index in [0.29, 0.717) is 30.9 Å². The summed E-state index contributed by atoms with van der Waals surface area (Å²) in [6, 6.07) is 17.4. The second kappa shape index (κ2) is 15.9. The molecule has 5 N–H and O–H groups in total. The predicted molar refractivity (Wildman–Crippen MR) is 194 cm³/mol. The maximum atomic E-state index is 14.0. The molecule has 2 aliphatic heterocycles. The molecule has 0 aromatic heterocycles. The van der Waals surface area contributed by atoms with E-state index in [1.165, 1.54) is 18.2 Å². The average molecular weight is 738 g/mol. The van der Waals surface area contributed by atoms with Gasteiger partial charge in [-0.3, -0.25) is 19.4 Å². The van der Waals surface area contributed by atoms with Crippen LogP contribution in [0.4, 0.5) is 33.3 Å². The molecule has 53 heavy (non-hydrogen) atoms. The summed E-state index contributed by atoms with van der Waals surface area (Å²) in [5, 5.41) is 9.06. The number of carbonyl (C=O) groups is 3. The Morgan fingerprint density at radius 2 is 1.68 bits per heavy atom. The number of halogens is 5. The first-order valence-corrected chi connectivity index (χ1v) is 18.1. The average Bonchev–Trinajstić information content (AvgIpc) is 3.81. The predicted octanol–water partition coefficient (Wildman–Crippen LogP) is 7.10. The van der Waals surface area contributed by atoms with Crippen LogP contribution in [0.15, 0.2) is 65.7 Å². The third-order valence-corrected chi connectivity index (χ3v) is 10.8. The Morgan fingerprint density at radius 3 is 2.32 bits per heavy atom. The molecule has 0 bridgehead atoms. The molecule has 2 atom stereocenters. The van der Waals surface area contributed by atoms with Crippen LogP contribution in [0.1, 0.15) is 65.6 Å². The molecule has 282 valence electrons. The van der Waals surface area contributed by atoms with Gasteiger partial charge in [0.2, 0.25) is 5.91 Å². The molecule has 3 aromatic carbocycles. The first-order chi connectivity index (χ1) is 25.2. The summed E-state index contributed by atoms with van der Waals surface area (Å²) in [4.78, 5) is 43.7. The largest absolute Gasteiger partial charge is 0.459 e. The van der Waals surface area contributed by atoms with E-state index in [0.717, 1.165) is 54.6 Å². The Kier molecular flexibility index (Phi) is 11.4. The topological polar surface area (TPSA) is 126 Å². The van der Waals surface area contributed by atoms with Crippen molar-refractivity contribution in [2.24, 2.45) is 28.5 Å². The van der Waals surface area contributed by atoms with Crippen molar-refractivity contribution < 1.29 is 36.3 Å². The first-order valence-electron chi connectivity index (χ1n) is 18.1. The number of fused-ring (bicyclic) bond motifs is 1. The number of anilines is 1. The molecule has 0 unspecified atom stereocenters. The van der Waals surface area contributed by atoms with Gasteiger partial charge in [0.25, 0.3) is 5.91 Å². The Hall–Kier alpha value is -4.49. The number of nitrogens with one attached hydrogen (secondary N) is 3. The van der Waals surface area contributed by atoms with Crippen molar-refractivity contribution in [1.82, 2.24) is 10.6 Å². The lowest BCUT2D eigenvalue weighted by Crippen LogP contribution is -2.44. The van der Waals surface area contributed by atoms with Crippen molar-refractivity contribution in [3.8, 4) is 11.1 Å². The van der Waals surface area contributed by atoms with E-state index in [-0.39, 0.29) is 53.4 Å². The summed E-state index contributed by atoms with van der Waals surface area (Å²) in [6.07, 6.45) is -2.23. The molecule has 8 nitrogen and oxygen atoms in total. The summed E-state index contributed by atoms with van der Waals surface area (Å²) in [5.41, 5.74) is 9.02. The van der Waals surface area contributed by atoms with Crippen molar-refractivity contribution in [2.75, 3.05) is 25.0 Å². The zero-order valence-corrected chi connectivity index (χ0v) is 29.5. The number of hydrogen-bond donors (Lipinski definition) is 4. The van der Waals surface area contributed by atoms with Gasteiger partial charge in [0, 0.05) is 48.5 Å². The highest BCUT2D eigenvalue weighted by Gasteiger charge is 2.61. The fraction of sp³-hybridized carbons (Fsp3) is 0.450. The second-order valence-corrected chi connectivity index (χ2v) is 14.6. The molecule has 2 fully saturated rings. The van der Waals surface area contributed by atoms with Crippen molar-refractivity contribution in [2.45, 2.75) is 76.4 Å². The first kappa shape index (κ1) is 38.2. The van der Waals surface area contributed by atoms with Crippen molar-refractivity contribution >= 4 is 34.7 Å². The normalized spacial score (nSPS) is 20.7. The molecular weight excluding hydrogens is 693 g/mol. The van der Waals surface area contributed by atoms with E-state index in [1.54, 1.807) is 6.07 Å². The lowest BCUT2D eigenvalue weighted by molar-refractivity contribution is -0.249. The molecule has 1 aliphatic carbocycles. The van der Waals surface area contributed by atoms with E-state index < -0.39 is 36.1 Å². The number of benzene rings is 3. The zero-order valence-electron chi connectivity index (χ0n) is 29.5. The van der Waals surface area contributed by atoms with Crippen LogP contribution in [-0.4, -0.2) is 61.1 Å². The quantitative estimate of drug-likeness (QED) is 0.148. The lowest BCUT2D eigenvalue weighted by atomic mass is 9.77. The summed E-state index contributed by atoms with van der Waals surface area (Å²) in [6.45, 7) is 4.14. The summed E-state index contributed by atoms with van der Waals surface area (Å²) in [5.74, 6) is -6.26. The van der Waals surface area contributed by atoms with Crippen LogP contribution in [-0.2, 0) is 22.4 Å². The van der Waals surface area contributed by atoms with E-state index >= 15 is 0 Å². The molecule has 0 spiro atoms. The Balaban J connectivity index is 1.17. The van der Waals surface area contributed by atoms with Gasteiger partial charge in [-0.15, -0.1) is 0 Å². The van der Waals surface area contributed by atoms with Crippen LogP contribution in [0.2, 0.25) is 0 Å². The van der Waals surface area contributed by atoms with Crippen LogP contribution in [0.25, 0.3) is 11.1 Å². The minimum absolute atomic E-state index is 0.0150. The third kappa shape index (κ3) is 8.84. The standard InChI is InChI=1S/C40H44F5N5O3/c1-23-16-29(37(52)49-32-14-15-47-22-32)11-13-33(23)26-6-2-24(3-7-26)17-30(18-35(51)27-8-4-25(21-46)5-9-27)38(53)48-31-12-10-28-19-36(50-34(28)20-31)39(41,42)40(43,44)45/h2-3,6-7,10-13,16,20,25,27,30,32,47H,4-5,8-9,14-15,17-19,21-22,46H2,1H3,(H,48,53)(H,49,52)/t25?,27?,30-,32-/m1/s1. The van der Waals surface area contributed by atoms with Gasteiger partial charge in [0.05, 0.1) is 5.69 Å². The van der Waals surface area contributed by atoms with Gasteiger partial charge in [-0.2, -0.15) is 22.0 Å². The lowest BCUT2D eigenvalue weighted by Gasteiger charge is -2.27. The van der Waals surface area contributed by atoms with Gasteiger partial charge < -0.3 is 21.7 Å². The van der Waals surface area contributed by atoms with Crippen molar-refractivity contribution in [3.05, 3.63) is 82.9 Å². The molecule has 1 saturated heterocycles. The molecule has 6 rings (SSSR count). The number of nitrogens with two attached hydrogens (primary N) is 1. The van der Waals surface area contributed by atoms with Gasteiger partial charge in [-0.05, 0) is 117 Å². The van der Waals surface area contributed by atoms with E-state index in [1.807, 2.05) is 43.3 Å². The fourth-order valence-electron chi connectivity index (χ4n) is 7.52. The number of Topliss-reactive ketones (excluding diaryl/α,β-unsaturated/α-hetero) is 1. The smallest absolute Gasteiger partial charge is 0.348 e. The molecule has 3 aliphatic rings. The molecule has 2 amide bonds. The minimum atomic E-state index is -5.78. The van der Waals surface area contributed by atoms with E-state index in [9.17, 15) is 36.3 Å². The Labute approximate surface area is 305 Å². The van der Waals surface area contributed by atoms with Crippen molar-refractivity contribution in [3.63, 3.8) is 0 Å². The Bertz CT molecular complexity index is 1860. The third-order valence-electron chi connectivity index (χ3n) is 10.8. The van der Waals surface area contributed by atoms with Gasteiger partial charge in [0.1, 0.15) is 11.5 Å². The number of aryl methyl sites for hydroxylation is 1. The van der Waals surface area contributed by atoms with Gasteiger partial charge in [-0.25, -0.2) is 0 Å². The second-order valence-electron chi connectivity index (χ2n) is 14.6. The molecule has 13 heteroatoms. The zero-order chi connectivity index (χ0) is 37.9. The number of alkyl halides is 5. The number of nitrogens with zero attached hydrogens (tertiary/aromatic N) is 1. The van der Waals surface area contributed by atoms with E-state index in [4.69, 9.17) is 5.73 Å². The SMILES string of the molecule is Cc1cc(C(=O)N[C@@H]2CCNC2)ccc1-c1ccc(C[C@H](CC(=O)C2CCC(CN)CC2)C(=O)Nc2ccc3c(c2)N=C(C(F)(F)C(F)(F)F)C3)cc1. The highest BCUT2D eigenvalue weighted by atomic mass is 19.4.